The summed E-state index contributed by atoms with van der Waals surface area (Å²) in [5.74, 6) is -0.0973. The first-order valence-electron chi connectivity index (χ1n) is 8.52. The fourth-order valence-electron chi connectivity index (χ4n) is 3.21. The van der Waals surface area contributed by atoms with E-state index in [1.165, 1.54) is 42.6 Å². The number of anilines is 1. The average Bonchev–Trinajstić information content (AvgIpc) is 2.87. The largest absolute Gasteiger partial charge is 0.375 e. The van der Waals surface area contributed by atoms with Gasteiger partial charge in [-0.15, -0.1) is 0 Å². The van der Waals surface area contributed by atoms with Crippen molar-refractivity contribution in [2.24, 2.45) is 0 Å². The van der Waals surface area contributed by atoms with Gasteiger partial charge in [-0.3, -0.25) is 9.69 Å². The fourth-order valence-corrected chi connectivity index (χ4v) is 3.81. The summed E-state index contributed by atoms with van der Waals surface area (Å²) in [7, 11) is 0. The lowest BCUT2D eigenvalue weighted by molar-refractivity contribution is 0.0937. The van der Waals surface area contributed by atoms with Gasteiger partial charge in [-0.25, -0.2) is 4.98 Å². The Balaban J connectivity index is 1.71. The zero-order valence-electron chi connectivity index (χ0n) is 13.8. The summed E-state index contributed by atoms with van der Waals surface area (Å²) in [6.45, 7) is 2.77. The van der Waals surface area contributed by atoms with E-state index in [9.17, 15) is 4.79 Å². The van der Waals surface area contributed by atoms with Crippen LogP contribution in [0.1, 0.15) is 47.0 Å². The lowest BCUT2D eigenvalue weighted by Crippen LogP contribution is -2.38. The number of nitrogens with one attached hydrogen (secondary N) is 1. The molecule has 0 radical (unpaired) electrons. The van der Waals surface area contributed by atoms with Crippen LogP contribution in [-0.4, -0.2) is 35.4 Å². The van der Waals surface area contributed by atoms with E-state index in [4.69, 9.17) is 5.73 Å². The molecule has 3 N–H and O–H groups in total. The zero-order chi connectivity index (χ0) is 16.8. The molecule has 1 aromatic heterocycles. The van der Waals surface area contributed by atoms with Crippen molar-refractivity contribution < 1.29 is 4.79 Å². The van der Waals surface area contributed by atoms with E-state index in [2.05, 4.69) is 39.5 Å². The predicted molar refractivity (Wildman–Crippen MR) is 98.1 cm³/mol. The van der Waals surface area contributed by atoms with Crippen LogP contribution in [0.4, 0.5) is 5.13 Å². The Morgan fingerprint density at radius 3 is 2.54 bits per heavy atom. The van der Waals surface area contributed by atoms with Crippen LogP contribution >= 0.6 is 11.3 Å². The molecule has 0 aliphatic carbocycles. The lowest BCUT2D eigenvalue weighted by atomic mass is 10.0. The monoisotopic (exact) mass is 344 g/mol. The molecule has 2 heterocycles. The maximum absolute atomic E-state index is 12.3. The first-order valence-corrected chi connectivity index (χ1v) is 9.34. The molecule has 2 aromatic rings. The Labute approximate surface area is 146 Å². The van der Waals surface area contributed by atoms with Crippen molar-refractivity contribution in [3.05, 3.63) is 47.0 Å². The molecule has 1 unspecified atom stereocenters. The Kier molecular flexibility index (Phi) is 5.82. The summed E-state index contributed by atoms with van der Waals surface area (Å²) < 4.78 is 0. The highest BCUT2D eigenvalue weighted by Gasteiger charge is 2.22. The molecule has 1 aromatic carbocycles. The standard InChI is InChI=1S/C18H24N4OS/c19-18-21-13-16(24-18)17(23)20-12-15(14-8-4-3-5-9-14)22-10-6-1-2-7-11-22/h3-5,8-9,13,15H,1-2,6-7,10-12H2,(H2,19,21)(H,20,23). The summed E-state index contributed by atoms with van der Waals surface area (Å²) in [5, 5.41) is 3.49. The molecule has 1 aliphatic rings. The molecule has 128 valence electrons. The second kappa shape index (κ2) is 8.26. The normalized spacial score (nSPS) is 17.2. The number of rotatable bonds is 5. The molecule has 5 nitrogen and oxygen atoms in total. The molecule has 1 atom stereocenters. The van der Waals surface area contributed by atoms with Crippen LogP contribution in [0.3, 0.4) is 0 Å². The molecular weight excluding hydrogens is 320 g/mol. The minimum Gasteiger partial charge on any atom is -0.375 e. The summed E-state index contributed by atoms with van der Waals surface area (Å²) in [4.78, 5) is 19.3. The number of likely N-dealkylation sites (tertiary alicyclic amines) is 1. The molecule has 0 spiro atoms. The lowest BCUT2D eigenvalue weighted by Gasteiger charge is -2.31. The number of nitrogen functional groups attached to an aromatic ring is 1. The van der Waals surface area contributed by atoms with Gasteiger partial charge in [0.15, 0.2) is 5.13 Å². The zero-order valence-corrected chi connectivity index (χ0v) is 14.6. The van der Waals surface area contributed by atoms with Crippen LogP contribution in [0.5, 0.6) is 0 Å². The van der Waals surface area contributed by atoms with Gasteiger partial charge in [0.25, 0.3) is 5.91 Å². The van der Waals surface area contributed by atoms with Crippen molar-refractivity contribution in [3.63, 3.8) is 0 Å². The summed E-state index contributed by atoms with van der Waals surface area (Å²) >= 11 is 1.22. The number of hydrogen-bond donors (Lipinski definition) is 2. The maximum Gasteiger partial charge on any atom is 0.263 e. The highest BCUT2D eigenvalue weighted by Crippen LogP contribution is 2.24. The number of nitrogens with two attached hydrogens (primary N) is 1. The Morgan fingerprint density at radius 1 is 1.21 bits per heavy atom. The molecule has 1 aliphatic heterocycles. The van der Waals surface area contributed by atoms with E-state index >= 15 is 0 Å². The van der Waals surface area contributed by atoms with Crippen LogP contribution in [0, 0.1) is 0 Å². The summed E-state index contributed by atoms with van der Waals surface area (Å²) in [6, 6.07) is 10.6. The molecule has 0 bridgehead atoms. The molecular formula is C18H24N4OS. The SMILES string of the molecule is Nc1ncc(C(=O)NCC(c2ccccc2)N2CCCCCC2)s1. The number of benzene rings is 1. The van der Waals surface area contributed by atoms with Gasteiger partial charge in [0.05, 0.1) is 12.2 Å². The maximum atomic E-state index is 12.3. The summed E-state index contributed by atoms with van der Waals surface area (Å²) in [6.07, 6.45) is 6.58. The van der Waals surface area contributed by atoms with Gasteiger partial charge < -0.3 is 11.1 Å². The van der Waals surface area contributed by atoms with E-state index < -0.39 is 0 Å². The van der Waals surface area contributed by atoms with Gasteiger partial charge in [-0.05, 0) is 31.5 Å². The molecule has 1 fully saturated rings. The van der Waals surface area contributed by atoms with Gasteiger partial charge in [-0.1, -0.05) is 54.5 Å². The van der Waals surface area contributed by atoms with E-state index in [1.54, 1.807) is 6.20 Å². The Morgan fingerprint density at radius 2 is 1.92 bits per heavy atom. The minimum absolute atomic E-state index is 0.0973. The second-order valence-corrected chi connectivity index (χ2v) is 7.21. The number of carbonyl (C=O) groups is 1. The van der Waals surface area contributed by atoms with Gasteiger partial charge in [0, 0.05) is 6.54 Å². The summed E-state index contributed by atoms with van der Waals surface area (Å²) in [5.41, 5.74) is 6.87. The minimum atomic E-state index is -0.0973. The highest BCUT2D eigenvalue weighted by atomic mass is 32.1. The molecule has 1 amide bonds. The average molecular weight is 344 g/mol. The van der Waals surface area contributed by atoms with Crippen LogP contribution < -0.4 is 11.1 Å². The van der Waals surface area contributed by atoms with E-state index in [1.807, 2.05) is 6.07 Å². The third-order valence-corrected chi connectivity index (χ3v) is 5.29. The van der Waals surface area contributed by atoms with Crippen LogP contribution in [0.2, 0.25) is 0 Å². The van der Waals surface area contributed by atoms with Crippen LogP contribution in [-0.2, 0) is 0 Å². The van der Waals surface area contributed by atoms with Crippen molar-refractivity contribution >= 4 is 22.4 Å². The van der Waals surface area contributed by atoms with E-state index in [-0.39, 0.29) is 11.9 Å². The third kappa shape index (κ3) is 4.33. The Hall–Kier alpha value is -1.92. The smallest absolute Gasteiger partial charge is 0.263 e. The number of thiazole rings is 1. The molecule has 1 saturated heterocycles. The topological polar surface area (TPSA) is 71.2 Å². The highest BCUT2D eigenvalue weighted by molar-refractivity contribution is 7.17. The first-order chi connectivity index (χ1) is 11.7. The van der Waals surface area contributed by atoms with Gasteiger partial charge in [0.2, 0.25) is 0 Å². The van der Waals surface area contributed by atoms with E-state index in [0.29, 0.717) is 16.6 Å². The first kappa shape index (κ1) is 16.9. The van der Waals surface area contributed by atoms with Gasteiger partial charge in [-0.2, -0.15) is 0 Å². The number of aromatic nitrogens is 1. The fraction of sp³-hybridized carbons (Fsp3) is 0.444. The quantitative estimate of drug-likeness (QED) is 0.874. The number of carbonyl (C=O) groups excluding carboxylic acids is 1. The van der Waals surface area contributed by atoms with Gasteiger partial charge >= 0.3 is 0 Å². The molecule has 6 heteroatoms. The van der Waals surface area contributed by atoms with Crippen molar-refractivity contribution in [2.75, 3.05) is 25.4 Å². The molecule has 0 saturated carbocycles. The van der Waals surface area contributed by atoms with E-state index in [0.717, 1.165) is 13.1 Å². The second-order valence-electron chi connectivity index (χ2n) is 6.15. The molecule has 3 rings (SSSR count). The number of amides is 1. The Bertz CT molecular complexity index is 650. The molecule has 24 heavy (non-hydrogen) atoms. The predicted octanol–water partition coefficient (Wildman–Crippen LogP) is 3.07. The van der Waals surface area contributed by atoms with Crippen molar-refractivity contribution in [1.29, 1.82) is 0 Å². The van der Waals surface area contributed by atoms with Crippen molar-refractivity contribution in [3.8, 4) is 0 Å². The number of nitrogens with zero attached hydrogens (tertiary/aromatic N) is 2. The third-order valence-electron chi connectivity index (χ3n) is 4.47. The van der Waals surface area contributed by atoms with Crippen molar-refractivity contribution in [2.45, 2.75) is 31.7 Å². The van der Waals surface area contributed by atoms with Gasteiger partial charge in [0.1, 0.15) is 4.88 Å². The van der Waals surface area contributed by atoms with Crippen LogP contribution in [0.15, 0.2) is 36.5 Å². The number of hydrogen-bond acceptors (Lipinski definition) is 5. The van der Waals surface area contributed by atoms with Crippen LogP contribution in [0.25, 0.3) is 0 Å². The van der Waals surface area contributed by atoms with Crippen molar-refractivity contribution in [1.82, 2.24) is 15.2 Å².